The second-order valence-electron chi connectivity index (χ2n) is 3.68. The third-order valence-corrected chi connectivity index (χ3v) is 2.88. The summed E-state index contributed by atoms with van der Waals surface area (Å²) >= 11 is 1.16. The highest BCUT2D eigenvalue weighted by molar-refractivity contribution is 7.14. The fourth-order valence-corrected chi connectivity index (χ4v) is 2.05. The molecule has 0 saturated heterocycles. The molecule has 1 aromatic carbocycles. The maximum Gasteiger partial charge on any atom is 0.275 e. The summed E-state index contributed by atoms with van der Waals surface area (Å²) in [5, 5.41) is 6.96. The van der Waals surface area contributed by atoms with Crippen molar-refractivity contribution in [1.29, 1.82) is 0 Å². The highest BCUT2D eigenvalue weighted by Crippen LogP contribution is 2.17. The summed E-state index contributed by atoms with van der Waals surface area (Å²) in [4.78, 5) is 26.6. The lowest BCUT2D eigenvalue weighted by Crippen LogP contribution is -2.13. The van der Waals surface area contributed by atoms with Gasteiger partial charge in [-0.25, -0.2) is 9.37 Å². The Hall–Kier alpha value is -2.28. The van der Waals surface area contributed by atoms with Gasteiger partial charge in [0.25, 0.3) is 5.91 Å². The number of rotatable bonds is 3. The number of benzene rings is 1. The molecule has 2 aromatic rings. The van der Waals surface area contributed by atoms with Gasteiger partial charge in [-0.15, -0.1) is 11.3 Å². The van der Waals surface area contributed by atoms with Crippen molar-refractivity contribution < 1.29 is 14.0 Å². The van der Waals surface area contributed by atoms with Gasteiger partial charge in [-0.2, -0.15) is 0 Å². The Bertz CT molecular complexity index is 610. The van der Waals surface area contributed by atoms with Gasteiger partial charge in [-0.3, -0.25) is 9.59 Å². The number of halogens is 1. The zero-order chi connectivity index (χ0) is 13.8. The minimum absolute atomic E-state index is 0.193. The Morgan fingerprint density at radius 1 is 1.21 bits per heavy atom. The molecule has 0 unspecified atom stereocenters. The third-order valence-electron chi connectivity index (χ3n) is 2.12. The number of anilines is 2. The van der Waals surface area contributed by atoms with E-state index in [0.29, 0.717) is 10.8 Å². The van der Waals surface area contributed by atoms with E-state index in [0.717, 1.165) is 11.3 Å². The Balaban J connectivity index is 2.05. The van der Waals surface area contributed by atoms with Crippen molar-refractivity contribution in [3.8, 4) is 0 Å². The number of hydrogen-bond acceptors (Lipinski definition) is 4. The van der Waals surface area contributed by atoms with E-state index in [1.165, 1.54) is 36.6 Å². The zero-order valence-electron chi connectivity index (χ0n) is 9.94. The quantitative estimate of drug-likeness (QED) is 0.906. The predicted octanol–water partition coefficient (Wildman–Crippen LogP) is 2.49. The van der Waals surface area contributed by atoms with E-state index in [1.807, 2.05) is 0 Å². The first-order valence-corrected chi connectivity index (χ1v) is 6.22. The molecule has 0 spiro atoms. The predicted molar refractivity (Wildman–Crippen MR) is 70.8 cm³/mol. The molecule has 0 saturated carbocycles. The molecule has 1 aromatic heterocycles. The summed E-state index contributed by atoms with van der Waals surface area (Å²) in [6.45, 7) is 1.36. The third kappa shape index (κ3) is 3.59. The maximum absolute atomic E-state index is 12.7. The monoisotopic (exact) mass is 279 g/mol. The van der Waals surface area contributed by atoms with Gasteiger partial charge in [0.1, 0.15) is 11.5 Å². The normalized spacial score (nSPS) is 10.0. The fourth-order valence-electron chi connectivity index (χ4n) is 1.31. The van der Waals surface area contributed by atoms with E-state index in [9.17, 15) is 14.0 Å². The molecule has 2 amide bonds. The van der Waals surface area contributed by atoms with Crippen LogP contribution in [0.15, 0.2) is 29.6 Å². The lowest BCUT2D eigenvalue weighted by molar-refractivity contribution is -0.114. The Morgan fingerprint density at radius 2 is 1.89 bits per heavy atom. The van der Waals surface area contributed by atoms with Crippen molar-refractivity contribution in [1.82, 2.24) is 4.98 Å². The standard InChI is InChI=1S/C12H10FN3O2S/c1-7(17)14-12-16-10(6-19-12)11(18)15-9-4-2-8(13)3-5-9/h2-6H,1H3,(H,15,18)(H,14,16,17). The van der Waals surface area contributed by atoms with Crippen LogP contribution in [0, 0.1) is 5.82 Å². The van der Waals surface area contributed by atoms with Gasteiger partial charge in [-0.1, -0.05) is 0 Å². The van der Waals surface area contributed by atoms with Crippen LogP contribution in [-0.2, 0) is 4.79 Å². The van der Waals surface area contributed by atoms with Crippen LogP contribution in [0.3, 0.4) is 0 Å². The van der Waals surface area contributed by atoms with Gasteiger partial charge >= 0.3 is 0 Å². The SMILES string of the molecule is CC(=O)Nc1nc(C(=O)Nc2ccc(F)cc2)cs1. The molecule has 98 valence electrons. The number of nitrogens with one attached hydrogen (secondary N) is 2. The van der Waals surface area contributed by atoms with Crippen LogP contribution in [0.2, 0.25) is 0 Å². The van der Waals surface area contributed by atoms with Gasteiger partial charge < -0.3 is 10.6 Å². The van der Waals surface area contributed by atoms with Crippen LogP contribution in [0.4, 0.5) is 15.2 Å². The summed E-state index contributed by atoms with van der Waals surface area (Å²) in [5.74, 6) is -1.04. The van der Waals surface area contributed by atoms with Crippen molar-refractivity contribution in [2.45, 2.75) is 6.92 Å². The van der Waals surface area contributed by atoms with E-state index in [2.05, 4.69) is 15.6 Å². The van der Waals surface area contributed by atoms with Crippen LogP contribution in [0.25, 0.3) is 0 Å². The van der Waals surface area contributed by atoms with E-state index in [1.54, 1.807) is 0 Å². The molecule has 1 heterocycles. The highest BCUT2D eigenvalue weighted by Gasteiger charge is 2.11. The van der Waals surface area contributed by atoms with Crippen molar-refractivity contribution in [3.05, 3.63) is 41.2 Å². The molecular weight excluding hydrogens is 269 g/mol. The number of carbonyl (C=O) groups excluding carboxylic acids is 2. The summed E-state index contributed by atoms with van der Waals surface area (Å²) in [6.07, 6.45) is 0. The molecule has 0 fully saturated rings. The fraction of sp³-hybridized carbons (Fsp3) is 0.0833. The Kier molecular flexibility index (Phi) is 3.86. The van der Waals surface area contributed by atoms with Crippen molar-refractivity contribution in [2.75, 3.05) is 10.6 Å². The molecule has 5 nitrogen and oxygen atoms in total. The molecule has 0 bridgehead atoms. The average molecular weight is 279 g/mol. The molecule has 7 heteroatoms. The first-order chi connectivity index (χ1) is 9.04. The molecule has 0 aliphatic carbocycles. The van der Waals surface area contributed by atoms with Gasteiger partial charge in [0.2, 0.25) is 5.91 Å². The largest absolute Gasteiger partial charge is 0.321 e. The molecular formula is C12H10FN3O2S. The smallest absolute Gasteiger partial charge is 0.275 e. The minimum Gasteiger partial charge on any atom is -0.321 e. The first kappa shape index (κ1) is 13.2. The first-order valence-electron chi connectivity index (χ1n) is 5.34. The van der Waals surface area contributed by atoms with Crippen molar-refractivity contribution in [2.24, 2.45) is 0 Å². The second kappa shape index (κ2) is 5.57. The van der Waals surface area contributed by atoms with Gasteiger partial charge in [0, 0.05) is 18.0 Å². The van der Waals surface area contributed by atoms with Crippen molar-refractivity contribution in [3.63, 3.8) is 0 Å². The van der Waals surface area contributed by atoms with E-state index in [-0.39, 0.29) is 17.4 Å². The molecule has 0 aliphatic heterocycles. The lowest BCUT2D eigenvalue weighted by Gasteiger charge is -2.02. The lowest BCUT2D eigenvalue weighted by atomic mass is 10.3. The Morgan fingerprint density at radius 3 is 2.53 bits per heavy atom. The van der Waals surface area contributed by atoms with Crippen LogP contribution in [0.5, 0.6) is 0 Å². The molecule has 19 heavy (non-hydrogen) atoms. The molecule has 0 aliphatic rings. The average Bonchev–Trinajstić information content (AvgIpc) is 2.80. The molecule has 0 atom stereocenters. The number of nitrogens with zero attached hydrogens (tertiary/aromatic N) is 1. The van der Waals surface area contributed by atoms with Crippen molar-refractivity contribution >= 4 is 34.0 Å². The summed E-state index contributed by atoms with van der Waals surface area (Å²) < 4.78 is 12.7. The summed E-state index contributed by atoms with van der Waals surface area (Å²) in [6, 6.07) is 5.40. The number of hydrogen-bond donors (Lipinski definition) is 2. The van der Waals surface area contributed by atoms with Crippen LogP contribution < -0.4 is 10.6 Å². The number of aromatic nitrogens is 1. The molecule has 0 radical (unpaired) electrons. The van der Waals surface area contributed by atoms with Gasteiger partial charge in [-0.05, 0) is 24.3 Å². The molecule has 2 N–H and O–H groups in total. The Labute approximate surface area is 112 Å². The topological polar surface area (TPSA) is 71.1 Å². The summed E-state index contributed by atoms with van der Waals surface area (Å²) in [7, 11) is 0. The highest BCUT2D eigenvalue weighted by atomic mass is 32.1. The van der Waals surface area contributed by atoms with Gasteiger partial charge in [0.15, 0.2) is 5.13 Å². The molecule has 2 rings (SSSR count). The minimum atomic E-state index is -0.417. The van der Waals surface area contributed by atoms with E-state index in [4.69, 9.17) is 0 Å². The van der Waals surface area contributed by atoms with Crippen LogP contribution in [0.1, 0.15) is 17.4 Å². The number of amides is 2. The van der Waals surface area contributed by atoms with Crippen LogP contribution in [-0.4, -0.2) is 16.8 Å². The van der Waals surface area contributed by atoms with E-state index >= 15 is 0 Å². The second-order valence-corrected chi connectivity index (χ2v) is 4.54. The summed E-state index contributed by atoms with van der Waals surface area (Å²) in [5.41, 5.74) is 0.665. The number of carbonyl (C=O) groups is 2. The van der Waals surface area contributed by atoms with Crippen LogP contribution >= 0.6 is 11.3 Å². The maximum atomic E-state index is 12.7. The van der Waals surface area contributed by atoms with Gasteiger partial charge in [0.05, 0.1) is 0 Å². The number of thiazole rings is 1. The van der Waals surface area contributed by atoms with E-state index < -0.39 is 5.91 Å². The zero-order valence-corrected chi connectivity index (χ0v) is 10.8.